The van der Waals surface area contributed by atoms with Crippen LogP contribution < -0.4 is 16.1 Å². The lowest BCUT2D eigenvalue weighted by molar-refractivity contribution is -0.111. The SMILES string of the molecule is C=C/C(C1=CNN=CC1)=C(C=N)/C=C/C(=O)Nc1ccc(CNC2CCOC2)cc1. The second-order valence-corrected chi connectivity index (χ2v) is 6.99. The van der Waals surface area contributed by atoms with Gasteiger partial charge in [0.2, 0.25) is 5.91 Å². The van der Waals surface area contributed by atoms with E-state index < -0.39 is 0 Å². The van der Waals surface area contributed by atoms with Gasteiger partial charge in [-0.25, -0.2) is 0 Å². The van der Waals surface area contributed by atoms with E-state index >= 15 is 0 Å². The van der Waals surface area contributed by atoms with E-state index in [1.807, 2.05) is 24.3 Å². The number of allylic oxidation sites excluding steroid dienone is 5. The molecule has 0 radical (unpaired) electrons. The maximum Gasteiger partial charge on any atom is 0.248 e. The minimum atomic E-state index is -0.260. The van der Waals surface area contributed by atoms with E-state index in [4.69, 9.17) is 10.1 Å². The molecule has 1 unspecified atom stereocenters. The number of hydrogen-bond donors (Lipinski definition) is 4. The highest BCUT2D eigenvalue weighted by Crippen LogP contribution is 2.20. The van der Waals surface area contributed by atoms with Crippen LogP contribution in [0.4, 0.5) is 5.69 Å². The molecule has 7 nitrogen and oxygen atoms in total. The van der Waals surface area contributed by atoms with E-state index in [1.54, 1.807) is 24.6 Å². The highest BCUT2D eigenvalue weighted by atomic mass is 16.5. The van der Waals surface area contributed by atoms with Crippen LogP contribution in [0.15, 0.2) is 77.1 Å². The zero-order valence-corrected chi connectivity index (χ0v) is 16.9. The van der Waals surface area contributed by atoms with Crippen molar-refractivity contribution in [2.24, 2.45) is 5.10 Å². The van der Waals surface area contributed by atoms with Crippen LogP contribution in [0, 0.1) is 5.41 Å². The molecule has 1 aromatic carbocycles. The van der Waals surface area contributed by atoms with Crippen LogP contribution in [0.5, 0.6) is 0 Å². The molecule has 0 spiro atoms. The predicted octanol–water partition coefficient (Wildman–Crippen LogP) is 3.05. The molecule has 1 saturated heterocycles. The van der Waals surface area contributed by atoms with E-state index in [-0.39, 0.29) is 5.91 Å². The van der Waals surface area contributed by atoms with E-state index in [9.17, 15) is 4.79 Å². The Balaban J connectivity index is 1.57. The van der Waals surface area contributed by atoms with Gasteiger partial charge in [-0.15, -0.1) is 0 Å². The fraction of sp³-hybridized carbons (Fsp3) is 0.261. The van der Waals surface area contributed by atoms with Gasteiger partial charge in [0.1, 0.15) is 0 Å². The summed E-state index contributed by atoms with van der Waals surface area (Å²) < 4.78 is 5.36. The number of hydrazone groups is 1. The molecule has 1 fully saturated rings. The predicted molar refractivity (Wildman–Crippen MR) is 121 cm³/mol. The lowest BCUT2D eigenvalue weighted by atomic mass is 9.98. The number of carbonyl (C=O) groups excluding carboxylic acids is 1. The summed E-state index contributed by atoms with van der Waals surface area (Å²) in [7, 11) is 0. The summed E-state index contributed by atoms with van der Waals surface area (Å²) >= 11 is 0. The van der Waals surface area contributed by atoms with E-state index in [1.165, 1.54) is 12.3 Å². The molecular weight excluding hydrogens is 378 g/mol. The molecule has 1 aromatic rings. The quantitative estimate of drug-likeness (QED) is 0.288. The molecule has 4 N–H and O–H groups in total. The van der Waals surface area contributed by atoms with Gasteiger partial charge < -0.3 is 20.8 Å². The number of nitrogens with one attached hydrogen (secondary N) is 4. The van der Waals surface area contributed by atoms with Crippen molar-refractivity contribution in [1.82, 2.24) is 10.7 Å². The average Bonchev–Trinajstić information content (AvgIpc) is 3.30. The van der Waals surface area contributed by atoms with Crippen LogP contribution in [0.2, 0.25) is 0 Å². The number of amides is 1. The summed E-state index contributed by atoms with van der Waals surface area (Å²) in [5.41, 5.74) is 7.00. The Morgan fingerprint density at radius 1 is 1.33 bits per heavy atom. The molecule has 0 aliphatic carbocycles. The highest BCUT2D eigenvalue weighted by Gasteiger charge is 2.14. The van der Waals surface area contributed by atoms with Crippen LogP contribution in [0.25, 0.3) is 0 Å². The minimum Gasteiger partial charge on any atom is -0.380 e. The summed E-state index contributed by atoms with van der Waals surface area (Å²) in [5.74, 6) is -0.260. The molecule has 30 heavy (non-hydrogen) atoms. The second-order valence-electron chi connectivity index (χ2n) is 6.99. The number of benzene rings is 1. The molecule has 2 heterocycles. The molecule has 0 aromatic heterocycles. The molecule has 0 saturated carbocycles. The summed E-state index contributed by atoms with van der Waals surface area (Å²) in [6.07, 6.45) is 11.1. The van der Waals surface area contributed by atoms with Gasteiger partial charge in [-0.05, 0) is 46.9 Å². The Morgan fingerprint density at radius 2 is 2.17 bits per heavy atom. The van der Waals surface area contributed by atoms with Gasteiger partial charge in [-0.3, -0.25) is 10.2 Å². The van der Waals surface area contributed by atoms with Crippen LogP contribution >= 0.6 is 0 Å². The van der Waals surface area contributed by atoms with Gasteiger partial charge in [0.25, 0.3) is 0 Å². The Labute approximate surface area is 176 Å². The lowest BCUT2D eigenvalue weighted by Gasteiger charge is -2.12. The molecule has 0 bridgehead atoms. The zero-order valence-electron chi connectivity index (χ0n) is 16.9. The number of rotatable bonds is 9. The number of nitrogens with zero attached hydrogens (tertiary/aromatic N) is 1. The molecular formula is C23H27N5O2. The topological polar surface area (TPSA) is 98.6 Å². The molecule has 3 rings (SSSR count). The van der Waals surface area contributed by atoms with Gasteiger partial charge in [-0.1, -0.05) is 24.8 Å². The molecule has 2 aliphatic rings. The van der Waals surface area contributed by atoms with Crippen LogP contribution in [-0.2, 0) is 16.1 Å². The number of ether oxygens (including phenoxy) is 1. The maximum absolute atomic E-state index is 12.3. The van der Waals surface area contributed by atoms with Gasteiger partial charge in [0, 0.05) is 56.0 Å². The molecule has 7 heteroatoms. The largest absolute Gasteiger partial charge is 0.380 e. The van der Waals surface area contributed by atoms with Crippen molar-refractivity contribution < 1.29 is 9.53 Å². The first-order chi connectivity index (χ1) is 14.7. The van der Waals surface area contributed by atoms with Gasteiger partial charge >= 0.3 is 0 Å². The zero-order chi connectivity index (χ0) is 21.2. The summed E-state index contributed by atoms with van der Waals surface area (Å²) in [4.78, 5) is 12.3. The number of carbonyl (C=O) groups is 1. The molecule has 1 atom stereocenters. The minimum absolute atomic E-state index is 0.260. The Bertz CT molecular complexity index is 891. The van der Waals surface area contributed by atoms with E-state index in [0.29, 0.717) is 18.0 Å². The number of hydrogen-bond acceptors (Lipinski definition) is 6. The van der Waals surface area contributed by atoms with Crippen molar-refractivity contribution in [3.63, 3.8) is 0 Å². The first-order valence-electron chi connectivity index (χ1n) is 9.92. The molecule has 156 valence electrons. The van der Waals surface area contributed by atoms with Gasteiger partial charge in [0.15, 0.2) is 0 Å². The van der Waals surface area contributed by atoms with Crippen molar-refractivity contribution in [2.75, 3.05) is 18.5 Å². The second kappa shape index (κ2) is 11.0. The third-order valence-electron chi connectivity index (χ3n) is 4.89. The fourth-order valence-corrected chi connectivity index (χ4v) is 3.22. The van der Waals surface area contributed by atoms with E-state index in [2.05, 4.69) is 27.7 Å². The summed E-state index contributed by atoms with van der Waals surface area (Å²) in [6.45, 7) is 6.19. The third kappa shape index (κ3) is 6.10. The van der Waals surface area contributed by atoms with Crippen LogP contribution in [-0.4, -0.2) is 37.6 Å². The van der Waals surface area contributed by atoms with Crippen molar-refractivity contribution >= 4 is 24.0 Å². The Morgan fingerprint density at radius 3 is 2.80 bits per heavy atom. The monoisotopic (exact) mass is 405 g/mol. The van der Waals surface area contributed by atoms with E-state index in [0.717, 1.165) is 48.6 Å². The third-order valence-corrected chi connectivity index (χ3v) is 4.89. The summed E-state index contributed by atoms with van der Waals surface area (Å²) in [5, 5.41) is 17.9. The van der Waals surface area contributed by atoms with Crippen molar-refractivity contribution in [3.05, 3.63) is 77.6 Å². The first kappa shape index (κ1) is 21.4. The highest BCUT2D eigenvalue weighted by molar-refractivity contribution is 6.00. The van der Waals surface area contributed by atoms with Gasteiger partial charge in [0.05, 0.1) is 6.61 Å². The Kier molecular flexibility index (Phi) is 7.88. The first-order valence-corrected chi connectivity index (χ1v) is 9.92. The van der Waals surface area contributed by atoms with Crippen molar-refractivity contribution in [2.45, 2.75) is 25.4 Å². The lowest BCUT2D eigenvalue weighted by Crippen LogP contribution is -2.28. The standard InChI is InChI=1S/C23H27N5O2/c1-2-22(19-9-11-26-27-15-19)18(13-24)5-8-23(29)28-20-6-3-17(4-7-20)14-25-21-10-12-30-16-21/h2-8,11,13,15,21,24-25,27H,1,9-10,12,14,16H2,(H,28,29)/b8-5+,22-18+,24-13?. The average molecular weight is 406 g/mol. The normalized spacial score (nSPS) is 19.1. The van der Waals surface area contributed by atoms with Crippen molar-refractivity contribution in [1.29, 1.82) is 5.41 Å². The van der Waals surface area contributed by atoms with Crippen LogP contribution in [0.3, 0.4) is 0 Å². The fourth-order valence-electron chi connectivity index (χ4n) is 3.22. The van der Waals surface area contributed by atoms with Gasteiger partial charge in [-0.2, -0.15) is 5.10 Å². The Hall–Kier alpha value is -3.29. The molecule has 1 amide bonds. The van der Waals surface area contributed by atoms with Crippen LogP contribution in [0.1, 0.15) is 18.4 Å². The summed E-state index contributed by atoms with van der Waals surface area (Å²) in [6, 6.07) is 8.16. The smallest absolute Gasteiger partial charge is 0.248 e. The molecule has 2 aliphatic heterocycles. The maximum atomic E-state index is 12.3. The van der Waals surface area contributed by atoms with Crippen molar-refractivity contribution in [3.8, 4) is 0 Å². The number of anilines is 1.